The molecule has 0 bridgehead atoms. The number of hydrogen-bond donors (Lipinski definition) is 1. The molecular formula is C20H28N2O3. The van der Waals surface area contributed by atoms with Gasteiger partial charge in [0.25, 0.3) is 0 Å². The van der Waals surface area contributed by atoms with Gasteiger partial charge in [0.05, 0.1) is 0 Å². The van der Waals surface area contributed by atoms with E-state index in [2.05, 4.69) is 36.5 Å². The summed E-state index contributed by atoms with van der Waals surface area (Å²) < 4.78 is 11.1. The van der Waals surface area contributed by atoms with E-state index < -0.39 is 0 Å². The predicted octanol–water partition coefficient (Wildman–Crippen LogP) is 4.28. The number of nitrogens with one attached hydrogen (secondary N) is 1. The number of aromatic nitrogens is 1. The summed E-state index contributed by atoms with van der Waals surface area (Å²) in [4.78, 5) is 11.7. The summed E-state index contributed by atoms with van der Waals surface area (Å²) in [6, 6.07) is 8.12. The van der Waals surface area contributed by atoms with Crippen molar-refractivity contribution >= 4 is 5.91 Å². The number of aryl methyl sites for hydroxylation is 2. The van der Waals surface area contributed by atoms with Crippen LogP contribution in [0.5, 0.6) is 5.75 Å². The zero-order valence-electron chi connectivity index (χ0n) is 15.6. The van der Waals surface area contributed by atoms with Crippen molar-refractivity contribution < 1.29 is 14.1 Å². The van der Waals surface area contributed by atoms with E-state index in [-0.39, 0.29) is 5.91 Å². The fourth-order valence-electron chi connectivity index (χ4n) is 2.99. The second kappa shape index (κ2) is 9.25. The van der Waals surface area contributed by atoms with Gasteiger partial charge < -0.3 is 14.6 Å². The van der Waals surface area contributed by atoms with Gasteiger partial charge in [-0.1, -0.05) is 36.2 Å². The van der Waals surface area contributed by atoms with E-state index in [1.807, 2.05) is 19.1 Å². The van der Waals surface area contributed by atoms with Crippen molar-refractivity contribution in [2.24, 2.45) is 0 Å². The standard InChI is InChI=1S/C20H28N2O3/c1-5-6-16(8-10-20(23)21-4)18-11-14(2)7-9-19(18)24-13-17-12-15(3)25-22-17/h7,9,11-12,16H,5-6,8,10,13H2,1-4H3,(H,21,23). The van der Waals surface area contributed by atoms with Crippen LogP contribution in [0.25, 0.3) is 0 Å². The molecule has 5 heteroatoms. The lowest BCUT2D eigenvalue weighted by Crippen LogP contribution is -2.18. The second-order valence-corrected chi connectivity index (χ2v) is 6.46. The van der Waals surface area contributed by atoms with Crippen LogP contribution in [0.15, 0.2) is 28.8 Å². The molecule has 1 heterocycles. The lowest BCUT2D eigenvalue weighted by molar-refractivity contribution is -0.120. The Bertz CT molecular complexity index is 694. The molecule has 1 aromatic carbocycles. The number of carbonyl (C=O) groups is 1. The van der Waals surface area contributed by atoms with Gasteiger partial charge in [-0.25, -0.2) is 0 Å². The molecule has 5 nitrogen and oxygen atoms in total. The molecule has 0 aliphatic carbocycles. The first-order valence-electron chi connectivity index (χ1n) is 8.89. The summed E-state index contributed by atoms with van der Waals surface area (Å²) in [5.41, 5.74) is 3.15. The van der Waals surface area contributed by atoms with Crippen LogP contribution in [0, 0.1) is 13.8 Å². The minimum atomic E-state index is 0.0781. The van der Waals surface area contributed by atoms with E-state index >= 15 is 0 Å². The fourth-order valence-corrected chi connectivity index (χ4v) is 2.99. The molecule has 25 heavy (non-hydrogen) atoms. The smallest absolute Gasteiger partial charge is 0.219 e. The maximum Gasteiger partial charge on any atom is 0.219 e. The van der Waals surface area contributed by atoms with Crippen molar-refractivity contribution in [2.75, 3.05) is 7.05 Å². The Hall–Kier alpha value is -2.30. The van der Waals surface area contributed by atoms with Gasteiger partial charge in [0.15, 0.2) is 0 Å². The highest BCUT2D eigenvalue weighted by molar-refractivity contribution is 5.75. The Balaban J connectivity index is 2.17. The van der Waals surface area contributed by atoms with Crippen molar-refractivity contribution in [3.8, 4) is 5.75 Å². The summed E-state index contributed by atoms with van der Waals surface area (Å²) in [6.45, 7) is 6.49. The molecule has 2 rings (SSSR count). The summed E-state index contributed by atoms with van der Waals surface area (Å²) in [5, 5.41) is 6.68. The number of nitrogens with zero attached hydrogens (tertiary/aromatic N) is 1. The minimum absolute atomic E-state index is 0.0781. The van der Waals surface area contributed by atoms with Crippen LogP contribution in [-0.2, 0) is 11.4 Å². The van der Waals surface area contributed by atoms with Gasteiger partial charge in [0, 0.05) is 19.5 Å². The van der Waals surface area contributed by atoms with Gasteiger partial charge in [-0.3, -0.25) is 4.79 Å². The molecule has 0 radical (unpaired) electrons. The van der Waals surface area contributed by atoms with Gasteiger partial charge in [-0.05, 0) is 44.2 Å². The molecule has 1 amide bonds. The van der Waals surface area contributed by atoms with E-state index in [9.17, 15) is 4.79 Å². The average Bonchev–Trinajstić information content (AvgIpc) is 3.02. The van der Waals surface area contributed by atoms with Crippen LogP contribution >= 0.6 is 0 Å². The van der Waals surface area contributed by atoms with Crippen molar-refractivity contribution in [2.45, 2.75) is 59.0 Å². The van der Waals surface area contributed by atoms with Crippen LogP contribution in [0.4, 0.5) is 0 Å². The van der Waals surface area contributed by atoms with Crippen LogP contribution in [0.3, 0.4) is 0 Å². The molecule has 1 atom stereocenters. The summed E-state index contributed by atoms with van der Waals surface area (Å²) >= 11 is 0. The first kappa shape index (κ1) is 19.0. The lowest BCUT2D eigenvalue weighted by Gasteiger charge is -2.20. The third-order valence-corrected chi connectivity index (χ3v) is 4.29. The van der Waals surface area contributed by atoms with Gasteiger partial charge in [-0.2, -0.15) is 0 Å². The van der Waals surface area contributed by atoms with E-state index in [1.165, 1.54) is 11.1 Å². The number of rotatable bonds is 9. The van der Waals surface area contributed by atoms with E-state index in [0.717, 1.165) is 36.5 Å². The highest BCUT2D eigenvalue weighted by Crippen LogP contribution is 2.34. The summed E-state index contributed by atoms with van der Waals surface area (Å²) in [6.07, 6.45) is 3.43. The molecule has 0 aliphatic rings. The van der Waals surface area contributed by atoms with Crippen LogP contribution < -0.4 is 10.1 Å². The summed E-state index contributed by atoms with van der Waals surface area (Å²) in [7, 11) is 1.68. The number of hydrogen-bond acceptors (Lipinski definition) is 4. The molecule has 2 aromatic rings. The molecule has 0 saturated carbocycles. The van der Waals surface area contributed by atoms with Crippen LogP contribution in [0.1, 0.15) is 61.1 Å². The molecule has 0 fully saturated rings. The average molecular weight is 344 g/mol. The van der Waals surface area contributed by atoms with E-state index in [0.29, 0.717) is 18.9 Å². The fraction of sp³-hybridized carbons (Fsp3) is 0.500. The third kappa shape index (κ3) is 5.62. The van der Waals surface area contributed by atoms with Crippen LogP contribution in [0.2, 0.25) is 0 Å². The maximum absolute atomic E-state index is 11.7. The molecule has 1 N–H and O–H groups in total. The largest absolute Gasteiger partial charge is 0.487 e. The third-order valence-electron chi connectivity index (χ3n) is 4.29. The number of amides is 1. The Morgan fingerprint density at radius 3 is 2.72 bits per heavy atom. The van der Waals surface area contributed by atoms with Crippen molar-refractivity contribution in [3.05, 3.63) is 46.8 Å². The Morgan fingerprint density at radius 2 is 2.08 bits per heavy atom. The monoisotopic (exact) mass is 344 g/mol. The quantitative estimate of drug-likeness (QED) is 0.737. The Kier molecular flexibility index (Phi) is 7.04. The Labute approximate surface area is 149 Å². The highest BCUT2D eigenvalue weighted by atomic mass is 16.5. The molecule has 0 aliphatic heterocycles. The lowest BCUT2D eigenvalue weighted by atomic mass is 9.88. The number of ether oxygens (including phenoxy) is 1. The zero-order chi connectivity index (χ0) is 18.2. The summed E-state index contributed by atoms with van der Waals surface area (Å²) in [5.74, 6) is 2.02. The minimum Gasteiger partial charge on any atom is -0.487 e. The van der Waals surface area contributed by atoms with Crippen molar-refractivity contribution in [1.82, 2.24) is 10.5 Å². The topological polar surface area (TPSA) is 64.4 Å². The normalized spacial score (nSPS) is 12.0. The Morgan fingerprint density at radius 1 is 1.28 bits per heavy atom. The van der Waals surface area contributed by atoms with E-state index in [1.54, 1.807) is 7.05 Å². The zero-order valence-corrected chi connectivity index (χ0v) is 15.6. The van der Waals surface area contributed by atoms with Crippen molar-refractivity contribution in [3.63, 3.8) is 0 Å². The van der Waals surface area contributed by atoms with Crippen LogP contribution in [-0.4, -0.2) is 18.1 Å². The first-order chi connectivity index (χ1) is 12.0. The molecule has 1 aromatic heterocycles. The van der Waals surface area contributed by atoms with Crippen molar-refractivity contribution in [1.29, 1.82) is 0 Å². The van der Waals surface area contributed by atoms with Gasteiger partial charge in [0.2, 0.25) is 5.91 Å². The maximum atomic E-state index is 11.7. The van der Waals surface area contributed by atoms with Gasteiger partial charge >= 0.3 is 0 Å². The van der Waals surface area contributed by atoms with Gasteiger partial charge in [0.1, 0.15) is 23.8 Å². The molecule has 1 unspecified atom stereocenters. The second-order valence-electron chi connectivity index (χ2n) is 6.46. The molecule has 136 valence electrons. The SMILES string of the molecule is CCCC(CCC(=O)NC)c1cc(C)ccc1OCc1cc(C)on1. The predicted molar refractivity (Wildman–Crippen MR) is 97.7 cm³/mol. The van der Waals surface area contributed by atoms with Gasteiger partial charge in [-0.15, -0.1) is 0 Å². The van der Waals surface area contributed by atoms with E-state index in [4.69, 9.17) is 9.26 Å². The molecular weight excluding hydrogens is 316 g/mol. The first-order valence-corrected chi connectivity index (χ1v) is 8.89. The highest BCUT2D eigenvalue weighted by Gasteiger charge is 2.18. The molecule has 0 spiro atoms. The number of benzene rings is 1. The number of carbonyl (C=O) groups excluding carboxylic acids is 1. The molecule has 0 saturated heterocycles.